The van der Waals surface area contributed by atoms with Gasteiger partial charge in [0, 0.05) is 18.6 Å². The molecule has 1 amide bonds. The zero-order chi connectivity index (χ0) is 26.1. The third-order valence-corrected chi connectivity index (χ3v) is 6.05. The fourth-order valence-corrected chi connectivity index (χ4v) is 4.23. The number of rotatable bonds is 7. The van der Waals surface area contributed by atoms with Crippen LogP contribution in [0.25, 0.3) is 0 Å². The summed E-state index contributed by atoms with van der Waals surface area (Å²) in [5.74, 6) is -5.72. The summed E-state index contributed by atoms with van der Waals surface area (Å²) in [5.41, 5.74) is -2.75. The normalized spacial score (nSPS) is 25.4. The number of amides is 1. The average Bonchev–Trinajstić information content (AvgIpc) is 3.14. The molecule has 0 unspecified atom stereocenters. The number of aromatic nitrogens is 1. The summed E-state index contributed by atoms with van der Waals surface area (Å²) in [4.78, 5) is 17.1. The molecule has 1 aromatic carbocycles. The molecule has 5 atom stereocenters. The number of aliphatic hydroxyl groups excluding tert-OH is 2. The second-order valence-electron chi connectivity index (χ2n) is 8.15. The zero-order valence-corrected chi connectivity index (χ0v) is 18.9. The number of methoxy groups -OCH3 is 2. The number of anilines is 1. The predicted octanol–water partition coefficient (Wildman–Crippen LogP) is 2.42. The first-order valence-corrected chi connectivity index (χ1v) is 10.3. The molecule has 1 aliphatic heterocycles. The van der Waals surface area contributed by atoms with Gasteiger partial charge in [-0.05, 0) is 25.1 Å². The summed E-state index contributed by atoms with van der Waals surface area (Å²) in [5, 5.41) is 23.3. The van der Waals surface area contributed by atoms with Gasteiger partial charge in [-0.1, -0.05) is 6.07 Å². The molecule has 192 valence electrons. The van der Waals surface area contributed by atoms with Gasteiger partial charge in [0.05, 0.1) is 43.4 Å². The van der Waals surface area contributed by atoms with E-state index in [1.54, 1.807) is 0 Å². The molecule has 1 fully saturated rings. The van der Waals surface area contributed by atoms with Gasteiger partial charge < -0.3 is 25.0 Å². The van der Waals surface area contributed by atoms with Gasteiger partial charge >= 0.3 is 6.18 Å². The minimum atomic E-state index is -4.89. The largest absolute Gasteiger partial charge is 0.493 e. The van der Waals surface area contributed by atoms with Crippen molar-refractivity contribution in [1.29, 1.82) is 0 Å². The maximum absolute atomic E-state index is 14.5. The Hall–Kier alpha value is -2.87. The van der Waals surface area contributed by atoms with E-state index < -0.39 is 65.8 Å². The Morgan fingerprint density at radius 1 is 1.26 bits per heavy atom. The van der Waals surface area contributed by atoms with Gasteiger partial charge in [-0.25, -0.2) is 4.39 Å². The molecule has 8 nitrogen and oxygen atoms in total. The first-order chi connectivity index (χ1) is 16.4. The molecule has 1 aromatic heterocycles. The highest BCUT2D eigenvalue weighted by Gasteiger charge is 2.66. The quantitative estimate of drug-likeness (QED) is 0.428. The van der Waals surface area contributed by atoms with E-state index in [9.17, 15) is 31.9 Å². The van der Waals surface area contributed by atoms with Crippen molar-refractivity contribution in [3.8, 4) is 5.75 Å². The number of aliphatic hydroxyl groups is 2. The lowest BCUT2D eigenvalue weighted by Crippen LogP contribution is -2.59. The molecule has 3 rings (SSSR count). The number of pyridine rings is 1. The second kappa shape index (κ2) is 10.0. The van der Waals surface area contributed by atoms with Crippen LogP contribution in [0.2, 0.25) is 0 Å². The SMILES string of the molecule is COc1c([C@H]2[C@H](C(=O)Nc3ccc([C@@H](O)CO)nc3)N[C@@](C)(C(F)(F)F)[C@H]2OC)ccc(F)c1F. The Kier molecular flexibility index (Phi) is 7.65. The highest BCUT2D eigenvalue weighted by Crippen LogP contribution is 2.49. The van der Waals surface area contributed by atoms with Gasteiger partial charge in [0.25, 0.3) is 0 Å². The molecule has 0 radical (unpaired) electrons. The molecular formula is C22H24F5N3O5. The van der Waals surface area contributed by atoms with Crippen molar-refractivity contribution in [3.05, 3.63) is 53.4 Å². The van der Waals surface area contributed by atoms with Crippen LogP contribution in [0.4, 0.5) is 27.6 Å². The molecule has 13 heteroatoms. The summed E-state index contributed by atoms with van der Waals surface area (Å²) in [6.45, 7) is 0.220. The van der Waals surface area contributed by atoms with Gasteiger partial charge in [-0.2, -0.15) is 17.6 Å². The molecule has 0 saturated carbocycles. The second-order valence-corrected chi connectivity index (χ2v) is 8.15. The maximum atomic E-state index is 14.5. The number of alkyl halides is 3. The standard InChI is InChI=1S/C22H24F5N3O5/c1-21(22(25,26)27)19(35-3)15(11-5-6-12(23)16(24)18(11)34-2)17(30-21)20(33)29-10-4-7-13(28-8-10)14(32)9-31/h4-8,14-15,17,19,30-32H,9H2,1-3H3,(H,29,33)/t14-,15-,17+,19-,21+/m0/s1. The first kappa shape index (κ1) is 26.7. The lowest BCUT2D eigenvalue weighted by Gasteiger charge is -2.34. The van der Waals surface area contributed by atoms with Gasteiger partial charge in [0.2, 0.25) is 11.7 Å². The zero-order valence-electron chi connectivity index (χ0n) is 18.9. The fraction of sp³-hybridized carbons (Fsp3) is 0.455. The van der Waals surface area contributed by atoms with Crippen LogP contribution >= 0.6 is 0 Å². The Morgan fingerprint density at radius 3 is 2.46 bits per heavy atom. The molecule has 0 bridgehead atoms. The average molecular weight is 505 g/mol. The molecule has 2 aromatic rings. The van der Waals surface area contributed by atoms with Crippen molar-refractivity contribution in [2.45, 2.75) is 42.8 Å². The molecule has 4 N–H and O–H groups in total. The Bertz CT molecular complexity index is 1070. The number of carbonyl (C=O) groups excluding carboxylic acids is 1. The van der Waals surface area contributed by atoms with Gasteiger partial charge in [-0.3, -0.25) is 15.1 Å². The highest BCUT2D eigenvalue weighted by molar-refractivity contribution is 5.96. The van der Waals surface area contributed by atoms with Crippen LogP contribution in [0.1, 0.15) is 30.2 Å². The smallest absolute Gasteiger partial charge is 0.408 e. The van der Waals surface area contributed by atoms with Crippen LogP contribution in [0.3, 0.4) is 0 Å². The number of nitrogens with one attached hydrogen (secondary N) is 2. The van der Waals surface area contributed by atoms with Gasteiger partial charge in [0.1, 0.15) is 11.6 Å². The van der Waals surface area contributed by atoms with Crippen LogP contribution in [0.15, 0.2) is 30.5 Å². The summed E-state index contributed by atoms with van der Waals surface area (Å²) in [7, 11) is 2.04. The number of ether oxygens (including phenoxy) is 2. The number of hydrogen-bond acceptors (Lipinski definition) is 7. The van der Waals surface area contributed by atoms with Crippen molar-refractivity contribution >= 4 is 11.6 Å². The van der Waals surface area contributed by atoms with E-state index in [-0.39, 0.29) is 16.9 Å². The lowest BCUT2D eigenvalue weighted by molar-refractivity contribution is -0.212. The summed E-state index contributed by atoms with van der Waals surface area (Å²) in [6.07, 6.45) is -6.73. The third kappa shape index (κ3) is 4.81. The minimum absolute atomic E-state index is 0.0799. The van der Waals surface area contributed by atoms with E-state index in [2.05, 4.69) is 15.6 Å². The van der Waals surface area contributed by atoms with E-state index in [1.165, 1.54) is 12.1 Å². The van der Waals surface area contributed by atoms with Crippen molar-refractivity contribution in [3.63, 3.8) is 0 Å². The number of halogens is 5. The van der Waals surface area contributed by atoms with E-state index in [0.717, 1.165) is 39.5 Å². The maximum Gasteiger partial charge on any atom is 0.408 e. The van der Waals surface area contributed by atoms with E-state index in [4.69, 9.17) is 14.6 Å². The monoisotopic (exact) mass is 505 g/mol. The highest BCUT2D eigenvalue weighted by atomic mass is 19.4. The molecule has 0 spiro atoms. The minimum Gasteiger partial charge on any atom is -0.493 e. The number of nitrogens with zero attached hydrogens (tertiary/aromatic N) is 1. The van der Waals surface area contributed by atoms with Crippen molar-refractivity contribution in [2.75, 3.05) is 26.1 Å². The van der Waals surface area contributed by atoms with Crippen LogP contribution in [-0.4, -0.2) is 65.8 Å². The third-order valence-electron chi connectivity index (χ3n) is 6.05. The van der Waals surface area contributed by atoms with E-state index in [0.29, 0.717) is 0 Å². The number of benzene rings is 1. The van der Waals surface area contributed by atoms with Gasteiger partial charge in [0.15, 0.2) is 11.6 Å². The first-order valence-electron chi connectivity index (χ1n) is 10.3. The lowest BCUT2D eigenvalue weighted by atomic mass is 9.82. The summed E-state index contributed by atoms with van der Waals surface area (Å²) < 4.78 is 80.7. The molecule has 1 saturated heterocycles. The fourth-order valence-electron chi connectivity index (χ4n) is 4.23. The van der Waals surface area contributed by atoms with Crippen LogP contribution in [-0.2, 0) is 9.53 Å². The topological polar surface area (TPSA) is 113 Å². The van der Waals surface area contributed by atoms with Crippen LogP contribution in [0.5, 0.6) is 5.75 Å². The number of carbonyl (C=O) groups is 1. The van der Waals surface area contributed by atoms with Crippen molar-refractivity contribution in [1.82, 2.24) is 10.3 Å². The molecule has 35 heavy (non-hydrogen) atoms. The molecule has 1 aliphatic rings. The molecular weight excluding hydrogens is 481 g/mol. The Balaban J connectivity index is 2.05. The van der Waals surface area contributed by atoms with E-state index in [1.807, 2.05) is 0 Å². The number of hydrogen-bond donors (Lipinski definition) is 4. The van der Waals surface area contributed by atoms with Crippen LogP contribution in [0, 0.1) is 11.6 Å². The van der Waals surface area contributed by atoms with E-state index >= 15 is 0 Å². The van der Waals surface area contributed by atoms with Crippen molar-refractivity contribution in [2.24, 2.45) is 0 Å². The Labute approximate surface area is 197 Å². The van der Waals surface area contributed by atoms with Crippen LogP contribution < -0.4 is 15.4 Å². The van der Waals surface area contributed by atoms with Gasteiger partial charge in [-0.15, -0.1) is 0 Å². The Morgan fingerprint density at radius 2 is 1.94 bits per heavy atom. The molecule has 2 heterocycles. The van der Waals surface area contributed by atoms with Crippen molar-refractivity contribution < 1.29 is 46.4 Å². The molecule has 0 aliphatic carbocycles. The summed E-state index contributed by atoms with van der Waals surface area (Å²) in [6, 6.07) is 2.80. The summed E-state index contributed by atoms with van der Waals surface area (Å²) >= 11 is 0. The predicted molar refractivity (Wildman–Crippen MR) is 113 cm³/mol.